The van der Waals surface area contributed by atoms with Gasteiger partial charge in [-0.05, 0) is 31.9 Å². The maximum absolute atomic E-state index is 12.3. The molecule has 4 nitrogen and oxygen atoms in total. The van der Waals surface area contributed by atoms with Crippen LogP contribution in [-0.2, 0) is 4.79 Å². The van der Waals surface area contributed by atoms with Gasteiger partial charge in [0.05, 0.1) is 11.4 Å². The van der Waals surface area contributed by atoms with Gasteiger partial charge in [0.1, 0.15) is 5.65 Å². The minimum Gasteiger partial charge on any atom is -0.346 e. The van der Waals surface area contributed by atoms with Crippen molar-refractivity contribution in [2.24, 2.45) is 0 Å². The van der Waals surface area contributed by atoms with E-state index in [1.807, 2.05) is 11.9 Å². The zero-order valence-electron chi connectivity index (χ0n) is 15.0. The fourth-order valence-corrected chi connectivity index (χ4v) is 3.66. The Morgan fingerprint density at radius 3 is 2.48 bits per heavy atom. The van der Waals surface area contributed by atoms with E-state index in [4.69, 9.17) is 4.98 Å². The van der Waals surface area contributed by atoms with Crippen molar-refractivity contribution < 1.29 is 4.79 Å². The highest BCUT2D eigenvalue weighted by Crippen LogP contribution is 2.36. The molecule has 3 heterocycles. The van der Waals surface area contributed by atoms with E-state index in [1.165, 1.54) is 16.8 Å². The third-order valence-corrected chi connectivity index (χ3v) is 5.17. The highest BCUT2D eigenvalue weighted by Gasteiger charge is 2.29. The van der Waals surface area contributed by atoms with E-state index in [2.05, 4.69) is 60.8 Å². The van der Waals surface area contributed by atoms with Crippen LogP contribution in [0.25, 0.3) is 16.9 Å². The van der Waals surface area contributed by atoms with Gasteiger partial charge in [-0.15, -0.1) is 0 Å². The van der Waals surface area contributed by atoms with Crippen molar-refractivity contribution in [1.82, 2.24) is 14.3 Å². The summed E-state index contributed by atoms with van der Waals surface area (Å²) in [6, 6.07) is 12.6. The highest BCUT2D eigenvalue weighted by atomic mass is 16.2. The fourth-order valence-electron chi connectivity index (χ4n) is 3.66. The smallest absolute Gasteiger partial charge is 0.222 e. The first kappa shape index (κ1) is 15.9. The molecule has 4 heteroatoms. The Hall–Kier alpha value is -2.62. The number of rotatable bonds is 2. The Morgan fingerprint density at radius 2 is 1.76 bits per heavy atom. The number of pyridine rings is 1. The number of benzene rings is 1. The zero-order chi connectivity index (χ0) is 17.6. The van der Waals surface area contributed by atoms with Crippen LogP contribution in [0.15, 0.2) is 42.6 Å². The third-order valence-electron chi connectivity index (χ3n) is 5.17. The topological polar surface area (TPSA) is 37.6 Å². The molecule has 1 atom stereocenters. The minimum absolute atomic E-state index is 0.205. The maximum Gasteiger partial charge on any atom is 0.222 e. The number of carbonyl (C=O) groups excluding carboxylic acids is 1. The molecule has 0 N–H and O–H groups in total. The van der Waals surface area contributed by atoms with E-state index in [1.54, 1.807) is 0 Å². The van der Waals surface area contributed by atoms with Crippen molar-refractivity contribution in [3.63, 3.8) is 0 Å². The first-order chi connectivity index (χ1) is 12.0. The number of imidazole rings is 1. The van der Waals surface area contributed by atoms with Crippen molar-refractivity contribution in [1.29, 1.82) is 0 Å². The van der Waals surface area contributed by atoms with Gasteiger partial charge in [0, 0.05) is 37.7 Å². The number of nitrogens with zero attached hydrogens (tertiary/aromatic N) is 3. The maximum atomic E-state index is 12.3. The van der Waals surface area contributed by atoms with E-state index in [0.717, 1.165) is 29.9 Å². The van der Waals surface area contributed by atoms with Crippen LogP contribution < -0.4 is 0 Å². The Bertz CT molecular complexity index is 940. The van der Waals surface area contributed by atoms with Crippen molar-refractivity contribution in [2.45, 2.75) is 32.6 Å². The lowest BCUT2D eigenvalue weighted by Crippen LogP contribution is -2.35. The second-order valence-electron chi connectivity index (χ2n) is 7.15. The normalized spacial score (nSPS) is 18.1. The molecule has 3 aromatic rings. The van der Waals surface area contributed by atoms with Crippen LogP contribution in [0.4, 0.5) is 0 Å². The largest absolute Gasteiger partial charge is 0.346 e. The molecule has 1 aliphatic rings. The van der Waals surface area contributed by atoms with E-state index in [0.29, 0.717) is 6.42 Å². The van der Waals surface area contributed by atoms with Crippen molar-refractivity contribution in [3.8, 4) is 11.3 Å². The summed E-state index contributed by atoms with van der Waals surface area (Å²) in [5.41, 5.74) is 6.67. The number of likely N-dealkylation sites (tertiary alicyclic amines) is 1. The Labute approximate surface area is 148 Å². The number of amides is 1. The van der Waals surface area contributed by atoms with Crippen LogP contribution in [0.3, 0.4) is 0 Å². The summed E-state index contributed by atoms with van der Waals surface area (Å²) in [4.78, 5) is 19.0. The summed E-state index contributed by atoms with van der Waals surface area (Å²) in [5.74, 6) is 0.422. The lowest BCUT2D eigenvalue weighted by atomic mass is 9.90. The summed E-state index contributed by atoms with van der Waals surface area (Å²) in [6.07, 6.45) is 3.66. The van der Waals surface area contributed by atoms with Crippen molar-refractivity contribution >= 4 is 11.6 Å². The highest BCUT2D eigenvalue weighted by molar-refractivity contribution is 5.79. The second kappa shape index (κ2) is 6.03. The first-order valence-corrected chi connectivity index (χ1v) is 8.82. The van der Waals surface area contributed by atoms with Gasteiger partial charge in [0.15, 0.2) is 0 Å². The first-order valence-electron chi connectivity index (χ1n) is 8.82. The van der Waals surface area contributed by atoms with Crippen LogP contribution in [-0.4, -0.2) is 33.8 Å². The number of aryl methyl sites for hydroxylation is 2. The average Bonchev–Trinajstić information content (AvgIpc) is 2.96. The van der Waals surface area contributed by atoms with Crippen LogP contribution in [0.5, 0.6) is 0 Å². The van der Waals surface area contributed by atoms with Gasteiger partial charge >= 0.3 is 0 Å². The number of hydrogen-bond donors (Lipinski definition) is 0. The minimum atomic E-state index is 0.205. The van der Waals surface area contributed by atoms with Gasteiger partial charge in [-0.1, -0.05) is 35.9 Å². The summed E-state index contributed by atoms with van der Waals surface area (Å²) < 4.78 is 2.19. The molecular formula is C21H23N3O. The summed E-state index contributed by atoms with van der Waals surface area (Å²) in [5, 5.41) is 0. The van der Waals surface area contributed by atoms with Gasteiger partial charge in [-0.25, -0.2) is 4.98 Å². The molecule has 0 radical (unpaired) electrons. The molecule has 1 saturated heterocycles. The van der Waals surface area contributed by atoms with Crippen LogP contribution in [0.2, 0.25) is 0 Å². The standard InChI is InChI=1S/C21H23N3O/c1-14-4-7-16(8-5-14)20-21(17-10-11-23(3)19(25)12-17)24-13-15(2)6-9-18(24)22-20/h4-9,13,17H,10-12H2,1-3H3. The molecule has 2 aromatic heterocycles. The van der Waals surface area contributed by atoms with Gasteiger partial charge in [-0.3, -0.25) is 4.79 Å². The van der Waals surface area contributed by atoms with Gasteiger partial charge < -0.3 is 9.30 Å². The molecule has 1 aromatic carbocycles. The molecule has 0 saturated carbocycles. The van der Waals surface area contributed by atoms with E-state index in [-0.39, 0.29) is 11.8 Å². The van der Waals surface area contributed by atoms with Crippen molar-refractivity contribution in [3.05, 3.63) is 59.4 Å². The quantitative estimate of drug-likeness (QED) is 0.712. The van der Waals surface area contributed by atoms with E-state index < -0.39 is 0 Å². The fraction of sp³-hybridized carbons (Fsp3) is 0.333. The third kappa shape index (κ3) is 2.82. The van der Waals surface area contributed by atoms with Gasteiger partial charge in [0.25, 0.3) is 0 Å². The van der Waals surface area contributed by atoms with Gasteiger partial charge in [0.2, 0.25) is 5.91 Å². The van der Waals surface area contributed by atoms with Crippen LogP contribution in [0.1, 0.15) is 35.6 Å². The van der Waals surface area contributed by atoms with E-state index >= 15 is 0 Å². The summed E-state index contributed by atoms with van der Waals surface area (Å²) >= 11 is 0. The molecule has 1 amide bonds. The predicted octanol–water partition coefficient (Wildman–Crippen LogP) is 3.95. The summed E-state index contributed by atoms with van der Waals surface area (Å²) in [7, 11) is 1.89. The number of aromatic nitrogens is 2. The molecule has 0 aliphatic carbocycles. The molecule has 128 valence electrons. The van der Waals surface area contributed by atoms with Gasteiger partial charge in [-0.2, -0.15) is 0 Å². The SMILES string of the molecule is Cc1ccc(-c2nc3ccc(C)cn3c2C2CCN(C)C(=O)C2)cc1. The Balaban J connectivity index is 1.90. The lowest BCUT2D eigenvalue weighted by Gasteiger charge is -2.29. The second-order valence-corrected chi connectivity index (χ2v) is 7.15. The van der Waals surface area contributed by atoms with E-state index in [9.17, 15) is 4.79 Å². The average molecular weight is 333 g/mol. The van der Waals surface area contributed by atoms with Crippen LogP contribution in [0, 0.1) is 13.8 Å². The zero-order valence-corrected chi connectivity index (χ0v) is 15.0. The number of fused-ring (bicyclic) bond motifs is 1. The van der Waals surface area contributed by atoms with Crippen molar-refractivity contribution in [2.75, 3.05) is 13.6 Å². The molecule has 4 rings (SSSR count). The molecule has 1 unspecified atom stereocenters. The Kier molecular flexibility index (Phi) is 3.83. The lowest BCUT2D eigenvalue weighted by molar-refractivity contribution is -0.132. The number of hydrogen-bond acceptors (Lipinski definition) is 2. The number of piperidine rings is 1. The Morgan fingerprint density at radius 1 is 1.04 bits per heavy atom. The molecule has 25 heavy (non-hydrogen) atoms. The molecule has 1 aliphatic heterocycles. The molecular weight excluding hydrogens is 310 g/mol. The molecule has 0 bridgehead atoms. The monoisotopic (exact) mass is 333 g/mol. The van der Waals surface area contributed by atoms with Crippen LogP contribution >= 0.6 is 0 Å². The molecule has 0 spiro atoms. The summed E-state index contributed by atoms with van der Waals surface area (Å²) in [6.45, 7) is 4.98. The number of carbonyl (C=O) groups is 1. The molecule has 1 fully saturated rings. The predicted molar refractivity (Wildman–Crippen MR) is 99.7 cm³/mol.